The number of halogens is 1. The third kappa shape index (κ3) is 5.30. The van der Waals surface area contributed by atoms with Gasteiger partial charge in [-0.05, 0) is 68.5 Å². The second-order valence-corrected chi connectivity index (χ2v) is 8.02. The third-order valence-electron chi connectivity index (χ3n) is 5.44. The first-order chi connectivity index (χ1) is 13.8. The zero-order valence-corrected chi connectivity index (χ0v) is 17.9. The number of nitrogens with zero attached hydrogens (tertiary/aromatic N) is 1. The minimum absolute atomic E-state index is 0.00715. The molecular weight excluding hydrogens is 388 g/mol. The summed E-state index contributed by atoms with van der Waals surface area (Å²) in [4.78, 5) is 26.7. The van der Waals surface area contributed by atoms with Gasteiger partial charge in [0.25, 0.3) is 11.8 Å². The van der Waals surface area contributed by atoms with Gasteiger partial charge in [-0.2, -0.15) is 0 Å². The Labute approximate surface area is 177 Å². The number of ether oxygens (including phenoxy) is 1. The van der Waals surface area contributed by atoms with Crippen molar-refractivity contribution in [1.82, 2.24) is 10.2 Å². The van der Waals surface area contributed by atoms with Gasteiger partial charge in [-0.1, -0.05) is 29.8 Å². The Bertz CT molecular complexity index is 905. The van der Waals surface area contributed by atoms with Gasteiger partial charge >= 0.3 is 0 Å². The molecule has 1 aliphatic heterocycles. The van der Waals surface area contributed by atoms with E-state index in [0.29, 0.717) is 23.7 Å². The third-order valence-corrected chi connectivity index (χ3v) is 5.68. The van der Waals surface area contributed by atoms with E-state index in [-0.39, 0.29) is 24.5 Å². The fraction of sp³-hybridized carbons (Fsp3) is 0.391. The molecule has 0 saturated carbocycles. The Balaban J connectivity index is 1.48. The number of carbonyl (C=O) groups excluding carboxylic acids is 2. The summed E-state index contributed by atoms with van der Waals surface area (Å²) in [6.45, 7) is 7.21. The molecule has 6 heteroatoms. The molecule has 0 aliphatic carbocycles. The molecule has 154 valence electrons. The van der Waals surface area contributed by atoms with Crippen molar-refractivity contribution in [3.05, 3.63) is 63.7 Å². The highest BCUT2D eigenvalue weighted by Crippen LogP contribution is 2.25. The molecule has 2 aromatic rings. The van der Waals surface area contributed by atoms with E-state index in [1.54, 1.807) is 24.3 Å². The van der Waals surface area contributed by atoms with Crippen LogP contribution in [-0.2, 0) is 4.79 Å². The average molecular weight is 415 g/mol. The van der Waals surface area contributed by atoms with Gasteiger partial charge in [-0.15, -0.1) is 0 Å². The van der Waals surface area contributed by atoms with Crippen molar-refractivity contribution >= 4 is 23.4 Å². The Hall–Kier alpha value is -2.53. The zero-order valence-electron chi connectivity index (χ0n) is 17.1. The van der Waals surface area contributed by atoms with E-state index in [1.807, 2.05) is 31.7 Å². The predicted octanol–water partition coefficient (Wildman–Crippen LogP) is 4.07. The molecular formula is C23H27ClN2O3. The van der Waals surface area contributed by atoms with Crippen LogP contribution in [0.3, 0.4) is 0 Å². The first kappa shape index (κ1) is 21.2. The highest BCUT2D eigenvalue weighted by molar-refractivity contribution is 6.30. The lowest BCUT2D eigenvalue weighted by molar-refractivity contribution is -0.124. The molecule has 1 N–H and O–H groups in total. The lowest BCUT2D eigenvalue weighted by Crippen LogP contribution is -2.47. The van der Waals surface area contributed by atoms with E-state index in [4.69, 9.17) is 16.3 Å². The number of likely N-dealkylation sites (tertiary alicyclic amines) is 1. The summed E-state index contributed by atoms with van der Waals surface area (Å²) in [6, 6.07) is 11.1. The summed E-state index contributed by atoms with van der Waals surface area (Å²) >= 11 is 5.98. The van der Waals surface area contributed by atoms with Crippen LogP contribution in [0.15, 0.2) is 36.4 Å². The fourth-order valence-corrected chi connectivity index (χ4v) is 3.78. The van der Waals surface area contributed by atoms with Gasteiger partial charge in [-0.25, -0.2) is 0 Å². The first-order valence-corrected chi connectivity index (χ1v) is 10.3. The predicted molar refractivity (Wildman–Crippen MR) is 115 cm³/mol. The lowest BCUT2D eigenvalue weighted by atomic mass is 10.0. The van der Waals surface area contributed by atoms with Crippen LogP contribution in [0, 0.1) is 20.8 Å². The smallest absolute Gasteiger partial charge is 0.258 e. The van der Waals surface area contributed by atoms with Crippen molar-refractivity contribution in [2.75, 3.05) is 19.7 Å². The topological polar surface area (TPSA) is 58.6 Å². The van der Waals surface area contributed by atoms with E-state index < -0.39 is 0 Å². The SMILES string of the molecule is Cc1ccc(C)c(OCC(=O)NC2CCN(C(=O)c3cccc(Cl)c3)CC2)c1C. The molecule has 3 rings (SSSR count). The van der Waals surface area contributed by atoms with Crippen molar-refractivity contribution in [3.8, 4) is 5.75 Å². The summed E-state index contributed by atoms with van der Waals surface area (Å²) < 4.78 is 5.79. The second kappa shape index (κ2) is 9.31. The molecule has 2 aromatic carbocycles. The van der Waals surface area contributed by atoms with Crippen LogP contribution in [0.1, 0.15) is 39.9 Å². The maximum atomic E-state index is 12.6. The van der Waals surface area contributed by atoms with Crippen LogP contribution in [0.5, 0.6) is 5.75 Å². The Morgan fingerprint density at radius 2 is 1.79 bits per heavy atom. The molecule has 1 fully saturated rings. The van der Waals surface area contributed by atoms with Crippen molar-refractivity contribution < 1.29 is 14.3 Å². The summed E-state index contributed by atoms with van der Waals surface area (Å²) in [6.07, 6.45) is 1.45. The highest BCUT2D eigenvalue weighted by Gasteiger charge is 2.25. The van der Waals surface area contributed by atoms with Crippen molar-refractivity contribution in [2.24, 2.45) is 0 Å². The molecule has 2 amide bonds. The van der Waals surface area contributed by atoms with Gasteiger partial charge in [-0.3, -0.25) is 9.59 Å². The second-order valence-electron chi connectivity index (χ2n) is 7.59. The number of hydrogen-bond donors (Lipinski definition) is 1. The van der Waals surface area contributed by atoms with Crippen LogP contribution in [0.4, 0.5) is 0 Å². The minimum Gasteiger partial charge on any atom is -0.483 e. The standard InChI is InChI=1S/C23H27ClN2O3/c1-15-7-8-16(2)22(17(15)3)29-14-21(27)25-20-9-11-26(12-10-20)23(28)18-5-4-6-19(24)13-18/h4-8,13,20H,9-12,14H2,1-3H3,(H,25,27). The van der Waals surface area contributed by atoms with Gasteiger partial charge in [0.1, 0.15) is 5.75 Å². The quantitative estimate of drug-likeness (QED) is 0.802. The van der Waals surface area contributed by atoms with E-state index in [1.165, 1.54) is 0 Å². The molecule has 0 bridgehead atoms. The van der Waals surface area contributed by atoms with Crippen molar-refractivity contribution in [2.45, 2.75) is 39.7 Å². The monoisotopic (exact) mass is 414 g/mol. The molecule has 0 atom stereocenters. The number of piperidine rings is 1. The summed E-state index contributed by atoms with van der Waals surface area (Å²) in [5, 5.41) is 3.58. The molecule has 29 heavy (non-hydrogen) atoms. The molecule has 1 saturated heterocycles. The van der Waals surface area contributed by atoms with Crippen LogP contribution in [0.25, 0.3) is 0 Å². The number of carbonyl (C=O) groups is 2. The number of benzene rings is 2. The van der Waals surface area contributed by atoms with Gasteiger partial charge in [0.05, 0.1) is 0 Å². The molecule has 0 radical (unpaired) electrons. The fourth-order valence-electron chi connectivity index (χ4n) is 3.59. The maximum absolute atomic E-state index is 12.6. The van der Waals surface area contributed by atoms with Crippen molar-refractivity contribution in [1.29, 1.82) is 0 Å². The molecule has 5 nitrogen and oxygen atoms in total. The number of nitrogens with one attached hydrogen (secondary N) is 1. The Kier molecular flexibility index (Phi) is 6.80. The van der Waals surface area contributed by atoms with Gasteiger partial charge in [0, 0.05) is 29.7 Å². The normalized spacial score (nSPS) is 14.6. The minimum atomic E-state index is -0.134. The summed E-state index contributed by atoms with van der Waals surface area (Å²) in [5.74, 6) is 0.623. The van der Waals surface area contributed by atoms with Gasteiger partial charge < -0.3 is 15.0 Å². The Morgan fingerprint density at radius 3 is 2.48 bits per heavy atom. The van der Waals surface area contributed by atoms with Gasteiger partial charge in [0.2, 0.25) is 0 Å². The van der Waals surface area contributed by atoms with Crippen LogP contribution >= 0.6 is 11.6 Å². The number of hydrogen-bond acceptors (Lipinski definition) is 3. The molecule has 1 aliphatic rings. The lowest BCUT2D eigenvalue weighted by Gasteiger charge is -2.32. The van der Waals surface area contributed by atoms with Crippen LogP contribution in [-0.4, -0.2) is 42.5 Å². The molecule has 1 heterocycles. The molecule has 0 aromatic heterocycles. The number of aryl methyl sites for hydroxylation is 2. The van der Waals surface area contributed by atoms with Gasteiger partial charge in [0.15, 0.2) is 6.61 Å². The van der Waals surface area contributed by atoms with E-state index in [2.05, 4.69) is 11.4 Å². The summed E-state index contributed by atoms with van der Waals surface area (Å²) in [7, 11) is 0. The largest absolute Gasteiger partial charge is 0.483 e. The summed E-state index contributed by atoms with van der Waals surface area (Å²) in [5.41, 5.74) is 3.82. The van der Waals surface area contributed by atoms with Crippen LogP contribution < -0.4 is 10.1 Å². The van der Waals surface area contributed by atoms with Crippen LogP contribution in [0.2, 0.25) is 5.02 Å². The first-order valence-electron chi connectivity index (χ1n) is 9.89. The van der Waals surface area contributed by atoms with E-state index in [9.17, 15) is 9.59 Å². The maximum Gasteiger partial charge on any atom is 0.258 e. The number of rotatable bonds is 5. The number of amides is 2. The molecule has 0 spiro atoms. The molecule has 0 unspecified atom stereocenters. The Morgan fingerprint density at radius 1 is 1.10 bits per heavy atom. The zero-order chi connectivity index (χ0) is 21.0. The average Bonchev–Trinajstić information content (AvgIpc) is 2.71. The highest BCUT2D eigenvalue weighted by atomic mass is 35.5. The van der Waals surface area contributed by atoms with Crippen molar-refractivity contribution in [3.63, 3.8) is 0 Å². The van der Waals surface area contributed by atoms with E-state index in [0.717, 1.165) is 35.3 Å². The van der Waals surface area contributed by atoms with E-state index >= 15 is 0 Å².